The monoisotopic (exact) mass is 283 g/mol. The van der Waals surface area contributed by atoms with Crippen molar-refractivity contribution < 1.29 is 9.18 Å². The molecule has 0 heterocycles. The summed E-state index contributed by atoms with van der Waals surface area (Å²) in [4.78, 5) is 12.1. The van der Waals surface area contributed by atoms with Gasteiger partial charge in [0.25, 0.3) is 5.91 Å². The van der Waals surface area contributed by atoms with Crippen molar-refractivity contribution in [3.8, 4) is 0 Å². The Balaban J connectivity index is 1.94. The second kappa shape index (κ2) is 6.38. The molecule has 1 aliphatic carbocycles. The van der Waals surface area contributed by atoms with Crippen molar-refractivity contribution in [2.45, 2.75) is 38.6 Å². The molecule has 1 aromatic rings. The van der Waals surface area contributed by atoms with E-state index in [-0.39, 0.29) is 17.8 Å². The van der Waals surface area contributed by atoms with Gasteiger partial charge in [0.2, 0.25) is 0 Å². The lowest BCUT2D eigenvalue weighted by Gasteiger charge is -2.27. The topological polar surface area (TPSA) is 29.1 Å². The van der Waals surface area contributed by atoms with Crippen LogP contribution >= 0.6 is 11.6 Å². The fourth-order valence-corrected chi connectivity index (χ4v) is 2.91. The molecule has 2 nitrogen and oxygen atoms in total. The predicted molar refractivity (Wildman–Crippen MR) is 75.1 cm³/mol. The zero-order valence-corrected chi connectivity index (χ0v) is 11.8. The third-order valence-electron chi connectivity index (χ3n) is 3.70. The Bertz CT molecular complexity index is 435. The van der Waals surface area contributed by atoms with Crippen LogP contribution in [0, 0.1) is 18.7 Å². The summed E-state index contributed by atoms with van der Waals surface area (Å²) in [6, 6.07) is 4.60. The number of aryl methyl sites for hydroxylation is 1. The van der Waals surface area contributed by atoms with Gasteiger partial charge in [0.1, 0.15) is 5.82 Å². The largest absolute Gasteiger partial charge is 0.349 e. The zero-order chi connectivity index (χ0) is 13.8. The molecule has 1 N–H and O–H groups in total. The van der Waals surface area contributed by atoms with Gasteiger partial charge in [-0.1, -0.05) is 0 Å². The van der Waals surface area contributed by atoms with Crippen LogP contribution in [-0.2, 0) is 0 Å². The highest BCUT2D eigenvalue weighted by atomic mass is 35.5. The molecule has 0 radical (unpaired) electrons. The summed E-state index contributed by atoms with van der Waals surface area (Å²) in [6.45, 7) is 1.78. The average Bonchev–Trinajstić information content (AvgIpc) is 2.38. The first kappa shape index (κ1) is 14.3. The second-order valence-corrected chi connectivity index (χ2v) is 5.67. The highest BCUT2D eigenvalue weighted by Gasteiger charge is 2.22. The first-order valence-corrected chi connectivity index (χ1v) is 7.26. The van der Waals surface area contributed by atoms with Gasteiger partial charge in [-0.25, -0.2) is 4.39 Å². The maximum absolute atomic E-state index is 13.3. The number of halogens is 2. The summed E-state index contributed by atoms with van der Waals surface area (Å²) in [5.74, 6) is 0.725. The van der Waals surface area contributed by atoms with Gasteiger partial charge in [0.05, 0.1) is 0 Å². The Hall–Kier alpha value is -1.09. The minimum atomic E-state index is -0.365. The highest BCUT2D eigenvalue weighted by molar-refractivity contribution is 6.18. The number of rotatable bonds is 3. The maximum Gasteiger partial charge on any atom is 0.251 e. The number of amides is 1. The van der Waals surface area contributed by atoms with Crippen LogP contribution in [0.2, 0.25) is 0 Å². The van der Waals surface area contributed by atoms with Gasteiger partial charge < -0.3 is 5.32 Å². The minimum Gasteiger partial charge on any atom is -0.349 e. The lowest BCUT2D eigenvalue weighted by molar-refractivity contribution is 0.0922. The van der Waals surface area contributed by atoms with E-state index in [9.17, 15) is 9.18 Å². The van der Waals surface area contributed by atoms with Crippen LogP contribution < -0.4 is 5.32 Å². The van der Waals surface area contributed by atoms with Crippen LogP contribution in [0.3, 0.4) is 0 Å². The number of hydrogen-bond donors (Lipinski definition) is 1. The summed E-state index contributed by atoms with van der Waals surface area (Å²) < 4.78 is 13.3. The Labute approximate surface area is 118 Å². The van der Waals surface area contributed by atoms with Crippen LogP contribution in [0.5, 0.6) is 0 Å². The molecule has 4 heteroatoms. The van der Waals surface area contributed by atoms with Gasteiger partial charge in [0, 0.05) is 17.5 Å². The fraction of sp³-hybridized carbons (Fsp3) is 0.533. The first-order valence-electron chi connectivity index (χ1n) is 6.72. The van der Waals surface area contributed by atoms with E-state index < -0.39 is 0 Å². The van der Waals surface area contributed by atoms with E-state index in [2.05, 4.69) is 5.32 Å². The molecular formula is C15H19ClFNO. The van der Waals surface area contributed by atoms with Crippen molar-refractivity contribution in [3.63, 3.8) is 0 Å². The van der Waals surface area contributed by atoms with Crippen LogP contribution in [0.1, 0.15) is 41.6 Å². The van der Waals surface area contributed by atoms with Crippen LogP contribution in [0.25, 0.3) is 0 Å². The lowest BCUT2D eigenvalue weighted by Crippen LogP contribution is -2.37. The minimum absolute atomic E-state index is 0.183. The zero-order valence-electron chi connectivity index (χ0n) is 11.1. The molecule has 0 unspecified atom stereocenters. The Morgan fingerprint density at radius 2 is 2.00 bits per heavy atom. The molecule has 0 spiro atoms. The summed E-state index contributed by atoms with van der Waals surface area (Å²) in [5, 5.41) is 2.99. The van der Waals surface area contributed by atoms with Crippen LogP contribution in [0.4, 0.5) is 4.39 Å². The lowest BCUT2D eigenvalue weighted by atomic mass is 9.87. The Morgan fingerprint density at radius 3 is 2.58 bits per heavy atom. The molecule has 1 fully saturated rings. The van der Waals surface area contributed by atoms with E-state index in [0.717, 1.165) is 31.2 Å². The van der Waals surface area contributed by atoms with Gasteiger partial charge in [-0.2, -0.15) is 0 Å². The van der Waals surface area contributed by atoms with Crippen LogP contribution in [0.15, 0.2) is 18.2 Å². The normalized spacial score (nSPS) is 23.1. The quantitative estimate of drug-likeness (QED) is 0.843. The molecule has 1 amide bonds. The van der Waals surface area contributed by atoms with E-state index in [4.69, 9.17) is 11.6 Å². The highest BCUT2D eigenvalue weighted by Crippen LogP contribution is 2.25. The van der Waals surface area contributed by atoms with Gasteiger partial charge in [-0.15, -0.1) is 11.6 Å². The molecule has 1 aromatic carbocycles. The summed E-state index contributed by atoms with van der Waals surface area (Å²) in [5.41, 5.74) is 1.16. The Morgan fingerprint density at radius 1 is 1.32 bits per heavy atom. The fourth-order valence-electron chi connectivity index (χ4n) is 2.60. The van der Waals surface area contributed by atoms with Crippen molar-refractivity contribution in [1.29, 1.82) is 0 Å². The number of nitrogens with one attached hydrogen (secondary N) is 1. The number of carbonyl (C=O) groups is 1. The van der Waals surface area contributed by atoms with Crippen molar-refractivity contribution >= 4 is 17.5 Å². The number of alkyl halides is 1. The molecule has 19 heavy (non-hydrogen) atoms. The number of carbonyl (C=O) groups excluding carboxylic acids is 1. The van der Waals surface area contributed by atoms with Crippen molar-refractivity contribution in [1.82, 2.24) is 5.32 Å². The SMILES string of the molecule is Cc1cc(F)cc(C(=O)NC2CCC(CCl)CC2)c1. The Kier molecular flexibility index (Phi) is 4.81. The molecule has 1 saturated carbocycles. The van der Waals surface area contributed by atoms with Crippen molar-refractivity contribution in [2.75, 3.05) is 5.88 Å². The molecule has 0 bridgehead atoms. The van der Waals surface area contributed by atoms with E-state index >= 15 is 0 Å². The third-order valence-corrected chi connectivity index (χ3v) is 4.14. The summed E-state index contributed by atoms with van der Waals surface area (Å²) in [6.07, 6.45) is 4.02. The number of hydrogen-bond acceptors (Lipinski definition) is 1. The van der Waals surface area contributed by atoms with Gasteiger partial charge in [-0.05, 0) is 62.3 Å². The molecule has 0 aliphatic heterocycles. The van der Waals surface area contributed by atoms with Gasteiger partial charge in [-0.3, -0.25) is 4.79 Å². The van der Waals surface area contributed by atoms with E-state index in [0.29, 0.717) is 17.4 Å². The molecule has 104 valence electrons. The van der Waals surface area contributed by atoms with Crippen molar-refractivity contribution in [3.05, 3.63) is 35.1 Å². The molecule has 0 aromatic heterocycles. The standard InChI is InChI=1S/C15H19ClFNO/c1-10-6-12(8-13(17)7-10)15(19)18-14-4-2-11(9-16)3-5-14/h6-8,11,14H,2-5,9H2,1H3,(H,18,19). The molecule has 0 atom stereocenters. The van der Waals surface area contributed by atoms with E-state index in [1.54, 1.807) is 13.0 Å². The number of benzene rings is 1. The third kappa shape index (κ3) is 3.93. The van der Waals surface area contributed by atoms with E-state index in [1.807, 2.05) is 0 Å². The summed E-state index contributed by atoms with van der Waals surface area (Å²) in [7, 11) is 0. The predicted octanol–water partition coefficient (Wildman–Crippen LogP) is 3.66. The first-order chi connectivity index (χ1) is 9.08. The molecule has 1 aliphatic rings. The molecular weight excluding hydrogens is 265 g/mol. The van der Waals surface area contributed by atoms with Crippen molar-refractivity contribution in [2.24, 2.45) is 5.92 Å². The summed E-state index contributed by atoms with van der Waals surface area (Å²) >= 11 is 5.84. The van der Waals surface area contributed by atoms with Crippen LogP contribution in [-0.4, -0.2) is 17.8 Å². The second-order valence-electron chi connectivity index (χ2n) is 5.36. The molecule has 2 rings (SSSR count). The maximum atomic E-state index is 13.3. The van der Waals surface area contributed by atoms with Gasteiger partial charge >= 0.3 is 0 Å². The smallest absolute Gasteiger partial charge is 0.251 e. The average molecular weight is 284 g/mol. The molecule has 0 saturated heterocycles. The van der Waals surface area contributed by atoms with Gasteiger partial charge in [0.15, 0.2) is 0 Å². The van der Waals surface area contributed by atoms with E-state index in [1.165, 1.54) is 12.1 Å².